The van der Waals surface area contributed by atoms with Gasteiger partial charge in [0, 0.05) is 4.90 Å². The molecular formula is C20H25NO2S. The number of thioether (sulfide) groups is 1. The van der Waals surface area contributed by atoms with E-state index in [0.29, 0.717) is 12.4 Å². The van der Waals surface area contributed by atoms with Crippen LogP contribution in [0.15, 0.2) is 53.4 Å². The molecule has 0 unspecified atom stereocenters. The molecule has 1 atom stereocenters. The van der Waals surface area contributed by atoms with Crippen molar-refractivity contribution in [2.24, 2.45) is 0 Å². The summed E-state index contributed by atoms with van der Waals surface area (Å²) in [5.74, 6) is 1.33. The van der Waals surface area contributed by atoms with Gasteiger partial charge < -0.3 is 10.1 Å². The maximum absolute atomic E-state index is 12.2. The van der Waals surface area contributed by atoms with Crippen LogP contribution in [-0.2, 0) is 4.79 Å². The van der Waals surface area contributed by atoms with E-state index >= 15 is 0 Å². The first-order chi connectivity index (χ1) is 11.6. The monoisotopic (exact) mass is 343 g/mol. The van der Waals surface area contributed by atoms with Gasteiger partial charge in [-0.05, 0) is 50.1 Å². The lowest BCUT2D eigenvalue weighted by molar-refractivity contribution is -0.119. The fourth-order valence-electron chi connectivity index (χ4n) is 2.40. The predicted octanol–water partition coefficient (Wildman–Crippen LogP) is 4.75. The maximum atomic E-state index is 12.2. The summed E-state index contributed by atoms with van der Waals surface area (Å²) < 4.78 is 5.42. The fraction of sp³-hybridized carbons (Fsp3) is 0.350. The molecule has 0 fully saturated rings. The van der Waals surface area contributed by atoms with Crippen molar-refractivity contribution in [2.45, 2.75) is 38.1 Å². The molecule has 2 aromatic rings. The molecule has 0 spiro atoms. The summed E-state index contributed by atoms with van der Waals surface area (Å²) >= 11 is 1.54. The number of nitrogens with one attached hydrogen (secondary N) is 1. The van der Waals surface area contributed by atoms with Crippen LogP contribution < -0.4 is 10.1 Å². The van der Waals surface area contributed by atoms with Crippen molar-refractivity contribution in [3.05, 3.63) is 59.7 Å². The van der Waals surface area contributed by atoms with Gasteiger partial charge in [-0.3, -0.25) is 4.79 Å². The van der Waals surface area contributed by atoms with E-state index in [0.717, 1.165) is 22.6 Å². The van der Waals surface area contributed by atoms with Crippen LogP contribution in [-0.4, -0.2) is 18.3 Å². The van der Waals surface area contributed by atoms with Gasteiger partial charge >= 0.3 is 0 Å². The lowest BCUT2D eigenvalue weighted by Crippen LogP contribution is -2.29. The Morgan fingerprint density at radius 1 is 1.08 bits per heavy atom. The van der Waals surface area contributed by atoms with Gasteiger partial charge in [-0.1, -0.05) is 36.8 Å². The summed E-state index contributed by atoms with van der Waals surface area (Å²) in [6.07, 6.45) is 0.878. The van der Waals surface area contributed by atoms with Gasteiger partial charge in [0.2, 0.25) is 5.91 Å². The minimum Gasteiger partial charge on any atom is -0.494 e. The van der Waals surface area contributed by atoms with Gasteiger partial charge in [0.25, 0.3) is 0 Å². The molecule has 24 heavy (non-hydrogen) atoms. The van der Waals surface area contributed by atoms with E-state index in [2.05, 4.69) is 43.4 Å². The van der Waals surface area contributed by atoms with Gasteiger partial charge in [0.05, 0.1) is 18.4 Å². The zero-order valence-corrected chi connectivity index (χ0v) is 15.4. The topological polar surface area (TPSA) is 38.3 Å². The summed E-state index contributed by atoms with van der Waals surface area (Å²) in [5.41, 5.74) is 2.38. The molecule has 0 bridgehead atoms. The molecular weight excluding hydrogens is 318 g/mol. The summed E-state index contributed by atoms with van der Waals surface area (Å²) in [6.45, 7) is 6.78. The van der Waals surface area contributed by atoms with Crippen molar-refractivity contribution in [3.8, 4) is 5.75 Å². The highest BCUT2D eigenvalue weighted by atomic mass is 32.2. The van der Waals surface area contributed by atoms with Gasteiger partial charge in [0.1, 0.15) is 5.75 Å². The van der Waals surface area contributed by atoms with E-state index in [-0.39, 0.29) is 11.9 Å². The smallest absolute Gasteiger partial charge is 0.230 e. The van der Waals surface area contributed by atoms with E-state index < -0.39 is 0 Å². The number of carbonyl (C=O) groups is 1. The minimum absolute atomic E-state index is 0.0568. The SMILES string of the molecule is CCOc1ccc(SCC(=O)N[C@@H](CC)c2ccc(C)cc2)cc1. The molecule has 0 saturated heterocycles. The third-order valence-corrected chi connectivity index (χ3v) is 4.74. The zero-order valence-electron chi connectivity index (χ0n) is 14.5. The van der Waals surface area contributed by atoms with E-state index in [1.54, 1.807) is 0 Å². The lowest BCUT2D eigenvalue weighted by atomic mass is 10.0. The largest absolute Gasteiger partial charge is 0.494 e. The molecule has 1 amide bonds. The Morgan fingerprint density at radius 3 is 2.33 bits per heavy atom. The average Bonchev–Trinajstić information content (AvgIpc) is 2.60. The van der Waals surface area contributed by atoms with Gasteiger partial charge in [-0.25, -0.2) is 0 Å². The van der Waals surface area contributed by atoms with Gasteiger partial charge in [-0.2, -0.15) is 0 Å². The molecule has 1 N–H and O–H groups in total. The summed E-state index contributed by atoms with van der Waals surface area (Å²) in [4.78, 5) is 13.3. The van der Waals surface area contributed by atoms with Gasteiger partial charge in [-0.15, -0.1) is 11.8 Å². The van der Waals surface area contributed by atoms with E-state index in [1.165, 1.54) is 17.3 Å². The number of aryl methyl sites for hydroxylation is 1. The average molecular weight is 343 g/mol. The van der Waals surface area contributed by atoms with E-state index in [4.69, 9.17) is 4.74 Å². The number of ether oxygens (including phenoxy) is 1. The molecule has 4 heteroatoms. The Hall–Kier alpha value is -1.94. The lowest BCUT2D eigenvalue weighted by Gasteiger charge is -2.17. The zero-order chi connectivity index (χ0) is 17.4. The molecule has 0 heterocycles. The van der Waals surface area contributed by atoms with Crippen LogP contribution in [0.4, 0.5) is 0 Å². The molecule has 128 valence electrons. The number of amides is 1. The number of carbonyl (C=O) groups excluding carboxylic acids is 1. The Morgan fingerprint density at radius 2 is 1.75 bits per heavy atom. The second kappa shape index (κ2) is 9.38. The normalized spacial score (nSPS) is 11.8. The Labute approximate surface area is 148 Å². The van der Waals surface area contributed by atoms with Crippen molar-refractivity contribution in [2.75, 3.05) is 12.4 Å². The third kappa shape index (κ3) is 5.60. The van der Waals surface area contributed by atoms with Crippen LogP contribution in [0.3, 0.4) is 0 Å². The Balaban J connectivity index is 1.86. The van der Waals surface area contributed by atoms with Crippen LogP contribution in [0, 0.1) is 6.92 Å². The molecule has 0 aliphatic carbocycles. The predicted molar refractivity (Wildman–Crippen MR) is 101 cm³/mol. The fourth-order valence-corrected chi connectivity index (χ4v) is 3.11. The van der Waals surface area contributed by atoms with Crippen molar-refractivity contribution in [3.63, 3.8) is 0 Å². The van der Waals surface area contributed by atoms with Crippen LogP contribution in [0.1, 0.15) is 37.4 Å². The van der Waals surface area contributed by atoms with Crippen LogP contribution >= 0.6 is 11.8 Å². The molecule has 0 radical (unpaired) electrons. The molecule has 0 aliphatic heterocycles. The summed E-state index contributed by atoms with van der Waals surface area (Å²) in [5, 5.41) is 3.12. The first-order valence-electron chi connectivity index (χ1n) is 8.34. The van der Waals surface area contributed by atoms with Crippen molar-refractivity contribution in [1.29, 1.82) is 0 Å². The summed E-state index contributed by atoms with van der Waals surface area (Å²) in [6, 6.07) is 16.2. The van der Waals surface area contributed by atoms with Gasteiger partial charge in [0.15, 0.2) is 0 Å². The number of benzene rings is 2. The number of hydrogen-bond donors (Lipinski definition) is 1. The first kappa shape index (κ1) is 18.4. The van der Waals surface area contributed by atoms with E-state index in [1.807, 2.05) is 31.2 Å². The molecule has 3 nitrogen and oxygen atoms in total. The van der Waals surface area contributed by atoms with E-state index in [9.17, 15) is 4.79 Å². The van der Waals surface area contributed by atoms with Crippen molar-refractivity contribution in [1.82, 2.24) is 5.32 Å². The standard InChI is InChI=1S/C20H25NO2S/c1-4-19(16-8-6-15(3)7-9-16)21-20(22)14-24-18-12-10-17(11-13-18)23-5-2/h6-13,19H,4-5,14H2,1-3H3,(H,21,22)/t19-/m0/s1. The van der Waals surface area contributed by atoms with Crippen LogP contribution in [0.5, 0.6) is 5.75 Å². The highest BCUT2D eigenvalue weighted by Crippen LogP contribution is 2.22. The Bertz CT molecular complexity index is 638. The summed E-state index contributed by atoms with van der Waals surface area (Å²) in [7, 11) is 0. The molecule has 0 aliphatic rings. The maximum Gasteiger partial charge on any atom is 0.230 e. The molecule has 0 saturated carbocycles. The highest BCUT2D eigenvalue weighted by molar-refractivity contribution is 8.00. The van der Waals surface area contributed by atoms with Crippen molar-refractivity contribution >= 4 is 17.7 Å². The van der Waals surface area contributed by atoms with Crippen LogP contribution in [0.2, 0.25) is 0 Å². The number of rotatable bonds is 8. The minimum atomic E-state index is 0.0568. The third-order valence-electron chi connectivity index (χ3n) is 3.73. The Kier molecular flexibility index (Phi) is 7.19. The first-order valence-corrected chi connectivity index (χ1v) is 9.32. The second-order valence-electron chi connectivity index (χ2n) is 5.63. The quantitative estimate of drug-likeness (QED) is 0.703. The highest BCUT2D eigenvalue weighted by Gasteiger charge is 2.12. The molecule has 0 aromatic heterocycles. The van der Waals surface area contributed by atoms with Crippen LogP contribution in [0.25, 0.3) is 0 Å². The second-order valence-corrected chi connectivity index (χ2v) is 6.68. The van der Waals surface area contributed by atoms with Crippen molar-refractivity contribution < 1.29 is 9.53 Å². The molecule has 2 rings (SSSR count). The number of hydrogen-bond acceptors (Lipinski definition) is 3. The molecule has 2 aromatic carbocycles.